The molecule has 8 nitrogen and oxygen atoms in total. The van der Waals surface area contributed by atoms with Crippen LogP contribution < -0.4 is 10.2 Å². The molecular weight excluding hydrogens is 422 g/mol. The van der Waals surface area contributed by atoms with E-state index in [9.17, 15) is 14.4 Å². The lowest BCUT2D eigenvalue weighted by atomic mass is 10.1. The number of alkyl carbamates (subject to hydrolysis) is 1. The van der Waals surface area contributed by atoms with E-state index in [-0.39, 0.29) is 25.0 Å². The van der Waals surface area contributed by atoms with Crippen LogP contribution in [0.25, 0.3) is 0 Å². The third-order valence-corrected chi connectivity index (χ3v) is 5.50. The van der Waals surface area contributed by atoms with E-state index in [1.54, 1.807) is 18.7 Å². The summed E-state index contributed by atoms with van der Waals surface area (Å²) in [5.41, 5.74) is 1.97. The number of carbonyl (C=O) groups excluding carboxylic acids is 3. The Bertz CT molecular complexity index is 912. The molecule has 1 N–H and O–H groups in total. The topological polar surface area (TPSA) is 88.2 Å². The van der Waals surface area contributed by atoms with Crippen molar-refractivity contribution in [2.24, 2.45) is 5.92 Å². The summed E-state index contributed by atoms with van der Waals surface area (Å²) in [5, 5.41) is 2.55. The molecule has 1 saturated heterocycles. The van der Waals surface area contributed by atoms with E-state index < -0.39 is 18.1 Å². The van der Waals surface area contributed by atoms with Gasteiger partial charge in [0.15, 0.2) is 6.61 Å². The SMILES string of the molecule is CC(C)[C@@H](NC(=O)OCc1ccccc1)C(=O)OCC(=O)N1CCN(c2ccccc2)CC1. The standard InChI is InChI=1S/C25H31N3O5/c1-19(2)23(26-25(31)33-17-20-9-5-3-6-10-20)24(30)32-18-22(29)28-15-13-27(14-16-28)21-11-7-4-8-12-21/h3-12,19,23H,13-18H2,1-2H3,(H,26,31)/t23-/m1/s1. The van der Waals surface area contributed by atoms with E-state index in [0.29, 0.717) is 26.2 Å². The first kappa shape index (κ1) is 24.1. The second kappa shape index (κ2) is 11.9. The molecular formula is C25H31N3O5. The van der Waals surface area contributed by atoms with Gasteiger partial charge in [0.2, 0.25) is 0 Å². The first-order valence-electron chi connectivity index (χ1n) is 11.2. The summed E-state index contributed by atoms with van der Waals surface area (Å²) in [6.45, 7) is 5.86. The summed E-state index contributed by atoms with van der Waals surface area (Å²) in [6, 6.07) is 18.4. The molecule has 176 valence electrons. The van der Waals surface area contributed by atoms with Crippen molar-refractivity contribution in [1.82, 2.24) is 10.2 Å². The van der Waals surface area contributed by atoms with Gasteiger partial charge in [-0.05, 0) is 23.6 Å². The van der Waals surface area contributed by atoms with Crippen molar-refractivity contribution in [2.45, 2.75) is 26.5 Å². The van der Waals surface area contributed by atoms with Crippen LogP contribution in [0.4, 0.5) is 10.5 Å². The number of rotatable bonds is 8. The number of hydrogen-bond acceptors (Lipinski definition) is 6. The summed E-state index contributed by atoms with van der Waals surface area (Å²) in [6.07, 6.45) is -0.710. The Morgan fingerprint density at radius 2 is 1.48 bits per heavy atom. The lowest BCUT2D eigenvalue weighted by Gasteiger charge is -2.36. The zero-order chi connectivity index (χ0) is 23.6. The van der Waals surface area contributed by atoms with E-state index in [4.69, 9.17) is 9.47 Å². The second-order valence-electron chi connectivity index (χ2n) is 8.24. The fourth-order valence-electron chi connectivity index (χ4n) is 3.56. The first-order valence-corrected chi connectivity index (χ1v) is 11.2. The van der Waals surface area contributed by atoms with Crippen molar-refractivity contribution < 1.29 is 23.9 Å². The van der Waals surface area contributed by atoms with Gasteiger partial charge in [0.1, 0.15) is 12.6 Å². The quantitative estimate of drug-likeness (QED) is 0.619. The van der Waals surface area contributed by atoms with Gasteiger partial charge in [0.25, 0.3) is 5.91 Å². The van der Waals surface area contributed by atoms with Crippen LogP contribution in [-0.2, 0) is 25.7 Å². The Hall–Kier alpha value is -3.55. The van der Waals surface area contributed by atoms with E-state index in [2.05, 4.69) is 10.2 Å². The van der Waals surface area contributed by atoms with Crippen LogP contribution in [0, 0.1) is 5.92 Å². The zero-order valence-corrected chi connectivity index (χ0v) is 19.1. The summed E-state index contributed by atoms with van der Waals surface area (Å²) >= 11 is 0. The molecule has 2 aromatic rings. The van der Waals surface area contributed by atoms with Crippen LogP contribution >= 0.6 is 0 Å². The van der Waals surface area contributed by atoms with E-state index in [1.807, 2.05) is 60.7 Å². The number of esters is 1. The highest BCUT2D eigenvalue weighted by Crippen LogP contribution is 2.15. The molecule has 0 saturated carbocycles. The normalized spacial score (nSPS) is 14.5. The van der Waals surface area contributed by atoms with Crippen molar-refractivity contribution >= 4 is 23.7 Å². The number of amides is 2. The zero-order valence-electron chi connectivity index (χ0n) is 19.1. The monoisotopic (exact) mass is 453 g/mol. The van der Waals surface area contributed by atoms with Gasteiger partial charge >= 0.3 is 12.1 Å². The van der Waals surface area contributed by atoms with Crippen LogP contribution in [0.1, 0.15) is 19.4 Å². The van der Waals surface area contributed by atoms with Gasteiger partial charge < -0.3 is 24.6 Å². The fraction of sp³-hybridized carbons (Fsp3) is 0.400. The number of benzene rings is 2. The minimum absolute atomic E-state index is 0.0972. The molecule has 2 amide bonds. The van der Waals surface area contributed by atoms with Gasteiger partial charge in [-0.1, -0.05) is 62.4 Å². The molecule has 0 radical (unpaired) electrons. The van der Waals surface area contributed by atoms with E-state index >= 15 is 0 Å². The number of nitrogens with one attached hydrogen (secondary N) is 1. The summed E-state index contributed by atoms with van der Waals surface area (Å²) < 4.78 is 10.4. The lowest BCUT2D eigenvalue weighted by Crippen LogP contribution is -2.50. The Morgan fingerprint density at radius 3 is 2.09 bits per heavy atom. The molecule has 1 aliphatic heterocycles. The molecule has 1 fully saturated rings. The van der Waals surface area contributed by atoms with Crippen molar-refractivity contribution in [2.75, 3.05) is 37.7 Å². The van der Waals surface area contributed by atoms with Crippen LogP contribution in [0.5, 0.6) is 0 Å². The molecule has 0 aromatic heterocycles. The highest BCUT2D eigenvalue weighted by atomic mass is 16.6. The third-order valence-electron chi connectivity index (χ3n) is 5.50. The molecule has 8 heteroatoms. The predicted molar refractivity (Wildman–Crippen MR) is 125 cm³/mol. The van der Waals surface area contributed by atoms with Gasteiger partial charge in [0, 0.05) is 31.9 Å². The van der Waals surface area contributed by atoms with Crippen LogP contribution in [0.2, 0.25) is 0 Å². The van der Waals surface area contributed by atoms with Crippen molar-refractivity contribution in [3.05, 3.63) is 66.2 Å². The van der Waals surface area contributed by atoms with Gasteiger partial charge in [-0.2, -0.15) is 0 Å². The summed E-state index contributed by atoms with van der Waals surface area (Å²) in [7, 11) is 0. The minimum atomic E-state index is -0.906. The minimum Gasteiger partial charge on any atom is -0.454 e. The highest BCUT2D eigenvalue weighted by molar-refractivity contribution is 5.85. The Morgan fingerprint density at radius 1 is 0.879 bits per heavy atom. The molecule has 3 rings (SSSR count). The maximum absolute atomic E-state index is 12.5. The van der Waals surface area contributed by atoms with Crippen LogP contribution in [0.15, 0.2) is 60.7 Å². The molecule has 1 atom stereocenters. The third kappa shape index (κ3) is 7.24. The van der Waals surface area contributed by atoms with Gasteiger partial charge in [-0.15, -0.1) is 0 Å². The van der Waals surface area contributed by atoms with Gasteiger partial charge in [-0.3, -0.25) is 4.79 Å². The average molecular weight is 454 g/mol. The number of hydrogen-bond donors (Lipinski definition) is 1. The fourth-order valence-corrected chi connectivity index (χ4v) is 3.56. The molecule has 0 bridgehead atoms. The largest absolute Gasteiger partial charge is 0.454 e. The number of nitrogens with zero attached hydrogens (tertiary/aromatic N) is 2. The van der Waals surface area contributed by atoms with Crippen molar-refractivity contribution in [1.29, 1.82) is 0 Å². The van der Waals surface area contributed by atoms with E-state index in [1.165, 1.54) is 0 Å². The van der Waals surface area contributed by atoms with Crippen molar-refractivity contribution in [3.63, 3.8) is 0 Å². The molecule has 0 unspecified atom stereocenters. The second-order valence-corrected chi connectivity index (χ2v) is 8.24. The number of carbonyl (C=O) groups is 3. The highest BCUT2D eigenvalue weighted by Gasteiger charge is 2.28. The Labute approximate surface area is 194 Å². The predicted octanol–water partition coefficient (Wildman–Crippen LogP) is 2.83. The van der Waals surface area contributed by atoms with Crippen LogP contribution in [-0.4, -0.2) is 61.7 Å². The maximum Gasteiger partial charge on any atom is 0.408 e. The first-order chi connectivity index (χ1) is 15.9. The summed E-state index contributed by atoms with van der Waals surface area (Å²) in [5.74, 6) is -1.13. The Balaban J connectivity index is 1.42. The molecule has 1 heterocycles. The number of para-hydroxylation sites is 1. The average Bonchev–Trinajstić information content (AvgIpc) is 2.85. The smallest absolute Gasteiger partial charge is 0.408 e. The number of anilines is 1. The van der Waals surface area contributed by atoms with E-state index in [0.717, 1.165) is 11.3 Å². The van der Waals surface area contributed by atoms with Gasteiger partial charge in [0.05, 0.1) is 0 Å². The van der Waals surface area contributed by atoms with Crippen LogP contribution in [0.3, 0.4) is 0 Å². The van der Waals surface area contributed by atoms with Crippen molar-refractivity contribution in [3.8, 4) is 0 Å². The molecule has 2 aromatic carbocycles. The molecule has 0 spiro atoms. The Kier molecular flexibility index (Phi) is 8.69. The molecule has 1 aliphatic rings. The number of piperazine rings is 1. The molecule has 33 heavy (non-hydrogen) atoms. The van der Waals surface area contributed by atoms with Gasteiger partial charge in [-0.25, -0.2) is 9.59 Å². The lowest BCUT2D eigenvalue weighted by molar-refractivity contribution is -0.154. The molecule has 0 aliphatic carbocycles. The summed E-state index contributed by atoms with van der Waals surface area (Å²) in [4.78, 5) is 41.1. The number of ether oxygens (including phenoxy) is 2. The maximum atomic E-state index is 12.5.